The monoisotopic (exact) mass is 250 g/mol. The van der Waals surface area contributed by atoms with Crippen LogP contribution in [0.5, 0.6) is 0 Å². The van der Waals surface area contributed by atoms with E-state index in [4.69, 9.17) is 0 Å². The maximum Gasteiger partial charge on any atom is 0.116 e. The van der Waals surface area contributed by atoms with Gasteiger partial charge in [-0.2, -0.15) is 5.26 Å². The molecule has 2 aliphatic rings. The average Bonchev–Trinajstić information content (AvgIpc) is 3.13. The van der Waals surface area contributed by atoms with Gasteiger partial charge in [-0.05, 0) is 59.8 Å². The third-order valence-electron chi connectivity index (χ3n) is 4.17. The van der Waals surface area contributed by atoms with Crippen molar-refractivity contribution in [2.75, 3.05) is 33.7 Å². The molecule has 1 aliphatic heterocycles. The Morgan fingerprint density at radius 1 is 1.28 bits per heavy atom. The summed E-state index contributed by atoms with van der Waals surface area (Å²) in [6.07, 6.45) is 4.91. The molecule has 0 spiro atoms. The van der Waals surface area contributed by atoms with Gasteiger partial charge in [0, 0.05) is 18.6 Å². The van der Waals surface area contributed by atoms with Crippen LogP contribution < -0.4 is 5.32 Å². The smallest absolute Gasteiger partial charge is 0.116 e. The highest BCUT2D eigenvalue weighted by Gasteiger charge is 2.34. The first-order valence-corrected chi connectivity index (χ1v) is 7.10. The summed E-state index contributed by atoms with van der Waals surface area (Å²) < 4.78 is 0. The van der Waals surface area contributed by atoms with Crippen LogP contribution in [0.1, 0.15) is 32.6 Å². The average molecular weight is 250 g/mol. The predicted molar refractivity (Wildman–Crippen MR) is 73.3 cm³/mol. The largest absolute Gasteiger partial charge is 0.306 e. The Bertz CT molecular complexity index is 310. The van der Waals surface area contributed by atoms with Crippen molar-refractivity contribution in [1.29, 1.82) is 5.26 Å². The molecule has 18 heavy (non-hydrogen) atoms. The van der Waals surface area contributed by atoms with Gasteiger partial charge in [-0.25, -0.2) is 0 Å². The van der Waals surface area contributed by atoms with E-state index in [0.717, 1.165) is 19.6 Å². The number of hydrogen-bond acceptors (Lipinski definition) is 4. The van der Waals surface area contributed by atoms with Crippen LogP contribution in [0.4, 0.5) is 0 Å². The topological polar surface area (TPSA) is 42.3 Å². The van der Waals surface area contributed by atoms with E-state index >= 15 is 0 Å². The van der Waals surface area contributed by atoms with Crippen LogP contribution in [0.3, 0.4) is 0 Å². The van der Waals surface area contributed by atoms with Crippen LogP contribution in [0.2, 0.25) is 0 Å². The third kappa shape index (κ3) is 3.68. The van der Waals surface area contributed by atoms with Gasteiger partial charge in [-0.3, -0.25) is 5.32 Å². The van der Waals surface area contributed by atoms with Gasteiger partial charge in [0.2, 0.25) is 0 Å². The van der Waals surface area contributed by atoms with Gasteiger partial charge in [0.15, 0.2) is 0 Å². The molecule has 1 aliphatic carbocycles. The molecule has 4 nitrogen and oxygen atoms in total. The van der Waals surface area contributed by atoms with E-state index in [2.05, 4.69) is 35.3 Å². The summed E-state index contributed by atoms with van der Waals surface area (Å²) in [7, 11) is 4.32. The summed E-state index contributed by atoms with van der Waals surface area (Å²) in [5.74, 6) is 0. The van der Waals surface area contributed by atoms with Crippen molar-refractivity contribution >= 4 is 0 Å². The molecule has 0 aromatic rings. The highest BCUT2D eigenvalue weighted by atomic mass is 15.2. The second-order valence-electron chi connectivity index (χ2n) is 6.33. The lowest BCUT2D eigenvalue weighted by molar-refractivity contribution is 0.127. The Morgan fingerprint density at radius 2 is 1.89 bits per heavy atom. The Morgan fingerprint density at radius 3 is 2.33 bits per heavy atom. The molecule has 4 heteroatoms. The SMILES string of the molecule is CN(C)C1CCN(CC(C)(C#N)NC2CC2)CC1. The number of hydrogen-bond donors (Lipinski definition) is 1. The summed E-state index contributed by atoms with van der Waals surface area (Å²) in [5.41, 5.74) is -0.369. The van der Waals surface area contributed by atoms with Crippen molar-refractivity contribution in [2.24, 2.45) is 0 Å². The molecule has 0 aromatic carbocycles. The fourth-order valence-corrected chi connectivity index (χ4v) is 2.83. The quantitative estimate of drug-likeness (QED) is 0.792. The second kappa shape index (κ2) is 5.56. The molecule has 2 rings (SSSR count). The number of likely N-dealkylation sites (tertiary alicyclic amines) is 1. The lowest BCUT2D eigenvalue weighted by Gasteiger charge is -2.38. The minimum Gasteiger partial charge on any atom is -0.306 e. The number of nitrogens with one attached hydrogen (secondary N) is 1. The zero-order chi connectivity index (χ0) is 13.2. The molecule has 2 fully saturated rings. The molecule has 0 bridgehead atoms. The first-order chi connectivity index (χ1) is 8.52. The molecule has 1 atom stereocenters. The van der Waals surface area contributed by atoms with Crippen LogP contribution in [0.25, 0.3) is 0 Å². The molecule has 0 amide bonds. The minimum absolute atomic E-state index is 0.369. The fraction of sp³-hybridized carbons (Fsp3) is 0.929. The molecule has 1 N–H and O–H groups in total. The molecular weight excluding hydrogens is 224 g/mol. The van der Waals surface area contributed by atoms with Crippen molar-refractivity contribution in [3.05, 3.63) is 0 Å². The Hall–Kier alpha value is -0.630. The molecule has 102 valence electrons. The van der Waals surface area contributed by atoms with Crippen LogP contribution in [0, 0.1) is 11.3 Å². The number of nitrogens with zero attached hydrogens (tertiary/aromatic N) is 3. The molecule has 1 saturated carbocycles. The lowest BCUT2D eigenvalue weighted by Crippen LogP contribution is -2.54. The summed E-state index contributed by atoms with van der Waals surface area (Å²) in [4.78, 5) is 4.77. The van der Waals surface area contributed by atoms with E-state index in [0.29, 0.717) is 12.1 Å². The molecular formula is C14H26N4. The lowest BCUT2D eigenvalue weighted by atomic mass is 9.99. The van der Waals surface area contributed by atoms with E-state index < -0.39 is 0 Å². The Kier molecular flexibility index (Phi) is 4.26. The normalized spacial score (nSPS) is 25.9. The summed E-state index contributed by atoms with van der Waals surface area (Å²) in [5, 5.41) is 12.9. The maximum atomic E-state index is 9.39. The second-order valence-corrected chi connectivity index (χ2v) is 6.33. The first-order valence-electron chi connectivity index (χ1n) is 7.10. The third-order valence-corrected chi connectivity index (χ3v) is 4.17. The summed E-state index contributed by atoms with van der Waals surface area (Å²) in [6, 6.07) is 3.77. The van der Waals surface area contributed by atoms with Gasteiger partial charge in [0.05, 0.1) is 6.07 Å². The van der Waals surface area contributed by atoms with Gasteiger partial charge >= 0.3 is 0 Å². The van der Waals surface area contributed by atoms with Gasteiger partial charge in [0.25, 0.3) is 0 Å². The van der Waals surface area contributed by atoms with Gasteiger partial charge in [-0.15, -0.1) is 0 Å². The number of nitriles is 1. The van der Waals surface area contributed by atoms with E-state index in [9.17, 15) is 5.26 Å². The summed E-state index contributed by atoms with van der Waals surface area (Å²) in [6.45, 7) is 5.14. The van der Waals surface area contributed by atoms with Crippen molar-refractivity contribution in [2.45, 2.75) is 50.2 Å². The molecule has 1 saturated heterocycles. The zero-order valence-electron chi connectivity index (χ0n) is 11.9. The predicted octanol–water partition coefficient (Wildman–Crippen LogP) is 1.05. The molecule has 1 heterocycles. The minimum atomic E-state index is -0.369. The first kappa shape index (κ1) is 13.8. The standard InChI is InChI=1S/C14H26N4/c1-14(10-15,16-12-4-5-12)11-18-8-6-13(7-9-18)17(2)3/h12-13,16H,4-9,11H2,1-3H3. The van der Waals surface area contributed by atoms with E-state index in [1.54, 1.807) is 0 Å². The van der Waals surface area contributed by atoms with Crippen molar-refractivity contribution in [1.82, 2.24) is 15.1 Å². The zero-order valence-corrected chi connectivity index (χ0v) is 11.9. The van der Waals surface area contributed by atoms with Crippen LogP contribution in [-0.2, 0) is 0 Å². The fourth-order valence-electron chi connectivity index (χ4n) is 2.83. The van der Waals surface area contributed by atoms with Gasteiger partial charge in [0.1, 0.15) is 5.54 Å². The number of piperidine rings is 1. The molecule has 1 unspecified atom stereocenters. The highest BCUT2D eigenvalue weighted by molar-refractivity contribution is 5.09. The van der Waals surface area contributed by atoms with Crippen molar-refractivity contribution in [3.8, 4) is 6.07 Å². The van der Waals surface area contributed by atoms with Gasteiger partial charge < -0.3 is 9.80 Å². The van der Waals surface area contributed by atoms with Crippen molar-refractivity contribution in [3.63, 3.8) is 0 Å². The van der Waals surface area contributed by atoms with Gasteiger partial charge in [-0.1, -0.05) is 0 Å². The Labute approximate surface area is 111 Å². The van der Waals surface area contributed by atoms with E-state index in [-0.39, 0.29) is 5.54 Å². The van der Waals surface area contributed by atoms with Crippen LogP contribution >= 0.6 is 0 Å². The van der Waals surface area contributed by atoms with E-state index in [1.807, 2.05) is 6.92 Å². The Balaban J connectivity index is 1.80. The summed E-state index contributed by atoms with van der Waals surface area (Å²) >= 11 is 0. The van der Waals surface area contributed by atoms with Crippen molar-refractivity contribution < 1.29 is 0 Å². The van der Waals surface area contributed by atoms with E-state index in [1.165, 1.54) is 25.7 Å². The van der Waals surface area contributed by atoms with Crippen LogP contribution in [-0.4, -0.2) is 61.2 Å². The number of rotatable bonds is 5. The highest BCUT2D eigenvalue weighted by Crippen LogP contribution is 2.23. The maximum absolute atomic E-state index is 9.39. The molecule has 0 aromatic heterocycles. The molecule has 0 radical (unpaired) electrons. The van der Waals surface area contributed by atoms with Crippen LogP contribution in [0.15, 0.2) is 0 Å².